The summed E-state index contributed by atoms with van der Waals surface area (Å²) in [5, 5.41) is 35.5. The minimum atomic E-state index is -0.488. The van der Waals surface area contributed by atoms with E-state index in [9.17, 15) is 15.2 Å². The van der Waals surface area contributed by atoms with E-state index < -0.39 is 10.9 Å². The van der Waals surface area contributed by atoms with Gasteiger partial charge in [-0.05, 0) is 29.7 Å². The molecule has 1 aromatic heterocycles. The zero-order valence-electron chi connectivity index (χ0n) is 18.6. The molecule has 5 aromatic rings. The molecule has 174 valence electrons. The molecule has 9 heteroatoms. The van der Waals surface area contributed by atoms with Gasteiger partial charge in [-0.3, -0.25) is 10.1 Å². The van der Waals surface area contributed by atoms with E-state index in [0.29, 0.717) is 22.8 Å². The Kier molecular flexibility index (Phi) is 5.00. The van der Waals surface area contributed by atoms with E-state index in [2.05, 4.69) is 15.5 Å². The van der Waals surface area contributed by atoms with Gasteiger partial charge in [-0.1, -0.05) is 54.6 Å². The van der Waals surface area contributed by atoms with E-state index in [0.717, 1.165) is 27.7 Å². The third-order valence-electron chi connectivity index (χ3n) is 5.83. The molecule has 1 aliphatic rings. The standard InChI is InChI=1S/C27H17N5O4/c33-27-24(31-30-18-12-14-19(15-13-18)32(34)35)23(25(36-27)17-6-2-1-3-7-17)26-28-20-10-4-8-16-9-5-11-21(29-26)22(16)20/h1-15,33H,(H,28,29). The fourth-order valence-corrected chi connectivity index (χ4v) is 4.18. The van der Waals surface area contributed by atoms with Crippen LogP contribution in [0.4, 0.5) is 28.4 Å². The highest BCUT2D eigenvalue weighted by molar-refractivity contribution is 6.22. The molecule has 0 amide bonds. The van der Waals surface area contributed by atoms with E-state index in [1.54, 1.807) is 0 Å². The summed E-state index contributed by atoms with van der Waals surface area (Å²) >= 11 is 0. The van der Waals surface area contributed by atoms with Crippen molar-refractivity contribution in [2.75, 3.05) is 5.32 Å². The van der Waals surface area contributed by atoms with Crippen LogP contribution in [0.3, 0.4) is 0 Å². The van der Waals surface area contributed by atoms with E-state index in [4.69, 9.17) is 9.41 Å². The van der Waals surface area contributed by atoms with Crippen LogP contribution in [0, 0.1) is 10.1 Å². The molecule has 1 aliphatic heterocycles. The molecule has 0 fully saturated rings. The maximum atomic E-state index is 10.9. The number of nitro groups is 1. The summed E-state index contributed by atoms with van der Waals surface area (Å²) < 4.78 is 5.78. The molecule has 0 unspecified atom stereocenters. The molecule has 0 bridgehead atoms. The van der Waals surface area contributed by atoms with Crippen molar-refractivity contribution in [1.29, 1.82) is 0 Å². The lowest BCUT2D eigenvalue weighted by atomic mass is 10.0. The molecular weight excluding hydrogens is 458 g/mol. The Hall–Kier alpha value is -5.31. The fourth-order valence-electron chi connectivity index (χ4n) is 4.18. The van der Waals surface area contributed by atoms with Crippen LogP contribution in [0.25, 0.3) is 22.1 Å². The highest BCUT2D eigenvalue weighted by atomic mass is 16.6. The first-order valence-electron chi connectivity index (χ1n) is 11.0. The van der Waals surface area contributed by atoms with E-state index in [1.807, 2.05) is 66.7 Å². The predicted molar refractivity (Wildman–Crippen MR) is 137 cm³/mol. The number of furan rings is 1. The Morgan fingerprint density at radius 3 is 2.39 bits per heavy atom. The highest BCUT2D eigenvalue weighted by Gasteiger charge is 2.28. The third-order valence-corrected chi connectivity index (χ3v) is 5.83. The van der Waals surface area contributed by atoms with Gasteiger partial charge in [0, 0.05) is 28.8 Å². The first-order valence-corrected chi connectivity index (χ1v) is 11.0. The van der Waals surface area contributed by atoms with Gasteiger partial charge in [-0.15, -0.1) is 5.11 Å². The summed E-state index contributed by atoms with van der Waals surface area (Å²) in [6, 6.07) is 26.8. The Morgan fingerprint density at radius 2 is 1.64 bits per heavy atom. The van der Waals surface area contributed by atoms with Crippen molar-refractivity contribution in [1.82, 2.24) is 0 Å². The number of anilines is 1. The van der Waals surface area contributed by atoms with Gasteiger partial charge in [0.05, 0.1) is 21.9 Å². The van der Waals surface area contributed by atoms with Crippen LogP contribution in [-0.4, -0.2) is 15.9 Å². The summed E-state index contributed by atoms with van der Waals surface area (Å²) in [6.07, 6.45) is 0. The molecule has 0 saturated carbocycles. The molecule has 2 N–H and O–H groups in total. The molecule has 2 heterocycles. The van der Waals surface area contributed by atoms with Crippen molar-refractivity contribution < 1.29 is 14.4 Å². The minimum Gasteiger partial charge on any atom is -0.479 e. The van der Waals surface area contributed by atoms with E-state index in [-0.39, 0.29) is 11.4 Å². The van der Waals surface area contributed by atoms with Gasteiger partial charge < -0.3 is 14.8 Å². The van der Waals surface area contributed by atoms with Crippen molar-refractivity contribution in [3.05, 3.63) is 107 Å². The lowest BCUT2D eigenvalue weighted by molar-refractivity contribution is -0.384. The molecule has 0 saturated heterocycles. The molecule has 0 atom stereocenters. The number of nitrogens with zero attached hydrogens (tertiary/aromatic N) is 4. The third kappa shape index (κ3) is 3.64. The number of rotatable bonds is 5. The van der Waals surface area contributed by atoms with Gasteiger partial charge in [0.25, 0.3) is 5.69 Å². The molecule has 4 aromatic carbocycles. The molecule has 6 rings (SSSR count). The van der Waals surface area contributed by atoms with Gasteiger partial charge in [0.15, 0.2) is 11.4 Å². The summed E-state index contributed by atoms with van der Waals surface area (Å²) in [5.41, 5.74) is 3.21. The molecule has 0 radical (unpaired) electrons. The maximum Gasteiger partial charge on any atom is 0.312 e. The molecule has 0 aliphatic carbocycles. The summed E-state index contributed by atoms with van der Waals surface area (Å²) in [7, 11) is 0. The summed E-state index contributed by atoms with van der Waals surface area (Å²) in [6.45, 7) is 0. The SMILES string of the molecule is O=[N+]([O-])c1ccc(N=Nc2c(O)oc(-c3ccccc3)c2C2=Nc3cccc4cccc(c34)N2)cc1. The normalized spacial score (nSPS) is 12.5. The molecule has 36 heavy (non-hydrogen) atoms. The number of non-ortho nitro benzene ring substituents is 1. The zero-order valence-corrected chi connectivity index (χ0v) is 18.6. The second-order valence-electron chi connectivity index (χ2n) is 8.07. The number of hydrogen-bond acceptors (Lipinski definition) is 8. The second kappa shape index (κ2) is 8.48. The smallest absolute Gasteiger partial charge is 0.312 e. The minimum absolute atomic E-state index is 0.0548. The van der Waals surface area contributed by atoms with E-state index >= 15 is 0 Å². The summed E-state index contributed by atoms with van der Waals surface area (Å²) in [4.78, 5) is 15.3. The first-order chi connectivity index (χ1) is 17.6. The average Bonchev–Trinajstić information content (AvgIpc) is 3.24. The van der Waals surface area contributed by atoms with Gasteiger partial charge in [0.1, 0.15) is 5.84 Å². The van der Waals surface area contributed by atoms with Crippen molar-refractivity contribution in [3.8, 4) is 17.3 Å². The van der Waals surface area contributed by atoms with Crippen LogP contribution < -0.4 is 5.32 Å². The zero-order chi connectivity index (χ0) is 24.6. The van der Waals surface area contributed by atoms with Crippen molar-refractivity contribution in [2.24, 2.45) is 15.2 Å². The average molecular weight is 475 g/mol. The van der Waals surface area contributed by atoms with Crippen LogP contribution in [0.2, 0.25) is 0 Å². The summed E-state index contributed by atoms with van der Waals surface area (Å²) in [5.74, 6) is 0.404. The lowest BCUT2D eigenvalue weighted by Gasteiger charge is -2.19. The van der Waals surface area contributed by atoms with Crippen molar-refractivity contribution in [3.63, 3.8) is 0 Å². The van der Waals surface area contributed by atoms with Crippen LogP contribution in [0.5, 0.6) is 5.95 Å². The quantitative estimate of drug-likeness (QED) is 0.153. The number of nitrogens with one attached hydrogen (secondary N) is 1. The number of azo groups is 1. The van der Waals surface area contributed by atoms with Gasteiger partial charge in [-0.25, -0.2) is 4.99 Å². The van der Waals surface area contributed by atoms with Crippen molar-refractivity contribution >= 4 is 45.0 Å². The van der Waals surface area contributed by atoms with Crippen LogP contribution in [0.1, 0.15) is 5.56 Å². The molecule has 9 nitrogen and oxygen atoms in total. The Bertz CT molecular complexity index is 1680. The Balaban J connectivity index is 1.51. The Morgan fingerprint density at radius 1 is 0.889 bits per heavy atom. The largest absolute Gasteiger partial charge is 0.479 e. The van der Waals surface area contributed by atoms with Crippen LogP contribution in [0.15, 0.2) is 111 Å². The maximum absolute atomic E-state index is 10.9. The van der Waals surface area contributed by atoms with Gasteiger partial charge >= 0.3 is 5.95 Å². The lowest BCUT2D eigenvalue weighted by Crippen LogP contribution is -2.16. The fraction of sp³-hybridized carbons (Fsp3) is 0. The first kappa shape index (κ1) is 21.2. The van der Waals surface area contributed by atoms with Crippen LogP contribution in [-0.2, 0) is 0 Å². The molecule has 0 spiro atoms. The number of hydrogen-bond donors (Lipinski definition) is 2. The number of amidine groups is 1. The number of benzene rings is 4. The molecular formula is C27H17N5O4. The van der Waals surface area contributed by atoms with Crippen LogP contribution >= 0.6 is 0 Å². The Labute approximate surface area is 204 Å². The van der Waals surface area contributed by atoms with Gasteiger partial charge in [-0.2, -0.15) is 5.11 Å². The van der Waals surface area contributed by atoms with Crippen molar-refractivity contribution in [2.45, 2.75) is 0 Å². The monoisotopic (exact) mass is 475 g/mol. The van der Waals surface area contributed by atoms with E-state index in [1.165, 1.54) is 24.3 Å². The predicted octanol–water partition coefficient (Wildman–Crippen LogP) is 7.63. The highest BCUT2D eigenvalue weighted by Crippen LogP contribution is 2.45. The van der Waals surface area contributed by atoms with Gasteiger partial charge in [0.2, 0.25) is 0 Å². The number of nitro benzene ring substituents is 1. The number of aromatic hydroxyl groups is 1. The topological polar surface area (TPSA) is 126 Å². The second-order valence-corrected chi connectivity index (χ2v) is 8.07. The number of aliphatic imine (C=N–C) groups is 1.